The highest BCUT2D eigenvalue weighted by Crippen LogP contribution is 2.43. The Kier molecular flexibility index (Phi) is 6.07. The summed E-state index contributed by atoms with van der Waals surface area (Å²) in [6.07, 6.45) is 2.11. The molecule has 1 unspecified atom stereocenters. The van der Waals surface area contributed by atoms with Gasteiger partial charge < -0.3 is 4.74 Å². The van der Waals surface area contributed by atoms with Crippen molar-refractivity contribution >= 4 is 26.7 Å². The summed E-state index contributed by atoms with van der Waals surface area (Å²) in [7, 11) is -2.45. The number of ether oxygens (including phenoxy) is 1. The number of carbonyl (C=O) groups excluding carboxylic acids is 1. The van der Waals surface area contributed by atoms with Gasteiger partial charge in [0.2, 0.25) is 5.91 Å². The Balaban J connectivity index is 1.57. The van der Waals surface area contributed by atoms with Crippen molar-refractivity contribution < 1.29 is 17.9 Å². The van der Waals surface area contributed by atoms with Gasteiger partial charge in [0.15, 0.2) is 0 Å². The summed E-state index contributed by atoms with van der Waals surface area (Å²) in [4.78, 5) is 13.7. The molecule has 0 heterocycles. The zero-order valence-electron chi connectivity index (χ0n) is 19.7. The van der Waals surface area contributed by atoms with Gasteiger partial charge in [-0.3, -0.25) is 4.79 Å². The minimum Gasteiger partial charge on any atom is -0.496 e. The number of aryl methyl sites for hydroxylation is 1. The number of sulfonamides is 1. The SMILES string of the molecule is COc1ccc(-c2ccc(C)cc2)c2c1CCCC2C(=O)NS(=O)(=O)c1cccc2ccccc12. The lowest BCUT2D eigenvalue weighted by Gasteiger charge is -2.29. The lowest BCUT2D eigenvalue weighted by atomic mass is 9.78. The molecule has 0 fully saturated rings. The molecule has 178 valence electrons. The van der Waals surface area contributed by atoms with Crippen LogP contribution < -0.4 is 9.46 Å². The van der Waals surface area contributed by atoms with E-state index in [-0.39, 0.29) is 4.90 Å². The van der Waals surface area contributed by atoms with Crippen LogP contribution >= 0.6 is 0 Å². The predicted molar refractivity (Wildman–Crippen MR) is 138 cm³/mol. The fourth-order valence-corrected chi connectivity index (χ4v) is 6.30. The number of rotatable bonds is 5. The van der Waals surface area contributed by atoms with Crippen molar-refractivity contribution in [1.29, 1.82) is 0 Å². The summed E-state index contributed by atoms with van der Waals surface area (Å²) in [6.45, 7) is 2.03. The molecule has 1 amide bonds. The summed E-state index contributed by atoms with van der Waals surface area (Å²) in [5.41, 5.74) is 4.89. The Bertz CT molecular complexity index is 1520. The molecule has 5 rings (SSSR count). The molecular weight excluding hydrogens is 458 g/mol. The fraction of sp³-hybridized carbons (Fsp3) is 0.207. The van der Waals surface area contributed by atoms with E-state index in [0.29, 0.717) is 11.8 Å². The van der Waals surface area contributed by atoms with Gasteiger partial charge in [0.1, 0.15) is 5.75 Å². The van der Waals surface area contributed by atoms with Crippen molar-refractivity contribution in [3.63, 3.8) is 0 Å². The number of hydrogen-bond acceptors (Lipinski definition) is 4. The van der Waals surface area contributed by atoms with Crippen LogP contribution in [0.3, 0.4) is 0 Å². The molecule has 0 spiro atoms. The smallest absolute Gasteiger partial charge is 0.264 e. The van der Waals surface area contributed by atoms with Crippen LogP contribution in [0.25, 0.3) is 21.9 Å². The Morgan fingerprint density at radius 1 is 0.943 bits per heavy atom. The van der Waals surface area contributed by atoms with Gasteiger partial charge in [0.25, 0.3) is 10.0 Å². The molecule has 1 aliphatic carbocycles. The number of fused-ring (bicyclic) bond motifs is 2. The van der Waals surface area contributed by atoms with Crippen molar-refractivity contribution in [2.75, 3.05) is 7.11 Å². The van der Waals surface area contributed by atoms with Gasteiger partial charge in [0, 0.05) is 5.39 Å². The van der Waals surface area contributed by atoms with Crippen LogP contribution in [0.5, 0.6) is 5.75 Å². The number of amides is 1. The molecule has 1 atom stereocenters. The largest absolute Gasteiger partial charge is 0.496 e. The second-order valence-corrected chi connectivity index (χ2v) is 10.6. The van der Waals surface area contributed by atoms with E-state index in [4.69, 9.17) is 4.74 Å². The number of nitrogens with one attached hydrogen (secondary N) is 1. The molecule has 0 bridgehead atoms. The topological polar surface area (TPSA) is 72.5 Å². The third-order valence-electron chi connectivity index (χ3n) is 6.76. The molecular formula is C29H27NO4S. The van der Waals surface area contributed by atoms with E-state index in [9.17, 15) is 13.2 Å². The standard InChI is InChI=1S/C29H27NO4S/c1-19-13-15-21(16-14-19)23-17-18-26(34-2)24-10-6-11-25(28(23)24)29(31)30-35(32,33)27-12-5-8-20-7-3-4-9-22(20)27/h3-5,7-9,12-18,25H,6,10-11H2,1-2H3,(H,30,31). The van der Waals surface area contributed by atoms with E-state index < -0.39 is 21.8 Å². The first-order valence-corrected chi connectivity index (χ1v) is 13.2. The molecule has 1 aliphatic rings. The van der Waals surface area contributed by atoms with Crippen LogP contribution in [0.2, 0.25) is 0 Å². The minimum atomic E-state index is -4.07. The van der Waals surface area contributed by atoms with Gasteiger partial charge in [0.05, 0.1) is 17.9 Å². The maximum absolute atomic E-state index is 13.6. The molecule has 0 aromatic heterocycles. The van der Waals surface area contributed by atoms with Crippen LogP contribution in [-0.4, -0.2) is 21.4 Å². The molecule has 5 nitrogen and oxygen atoms in total. The highest BCUT2D eigenvalue weighted by molar-refractivity contribution is 7.90. The third-order valence-corrected chi connectivity index (χ3v) is 8.16. The van der Waals surface area contributed by atoms with Gasteiger partial charge >= 0.3 is 0 Å². The second-order valence-electron chi connectivity index (χ2n) is 8.97. The van der Waals surface area contributed by atoms with Crippen LogP contribution in [-0.2, 0) is 21.2 Å². The summed E-state index contributed by atoms with van der Waals surface area (Å²) in [5.74, 6) is -0.388. The fourth-order valence-electron chi connectivity index (χ4n) is 5.05. The summed E-state index contributed by atoms with van der Waals surface area (Å²) >= 11 is 0. The summed E-state index contributed by atoms with van der Waals surface area (Å²) < 4.78 is 34.8. The van der Waals surface area contributed by atoms with Crippen molar-refractivity contribution in [1.82, 2.24) is 4.72 Å². The monoisotopic (exact) mass is 485 g/mol. The number of benzene rings is 4. The average Bonchev–Trinajstić information content (AvgIpc) is 2.87. The first-order chi connectivity index (χ1) is 16.9. The average molecular weight is 486 g/mol. The highest BCUT2D eigenvalue weighted by atomic mass is 32.2. The lowest BCUT2D eigenvalue weighted by Crippen LogP contribution is -2.36. The van der Waals surface area contributed by atoms with E-state index in [1.807, 2.05) is 61.5 Å². The van der Waals surface area contributed by atoms with E-state index in [1.54, 1.807) is 25.3 Å². The van der Waals surface area contributed by atoms with E-state index >= 15 is 0 Å². The van der Waals surface area contributed by atoms with Crippen LogP contribution in [0, 0.1) is 6.92 Å². The molecule has 4 aromatic rings. The Labute approximate surface area is 205 Å². The Morgan fingerprint density at radius 2 is 1.69 bits per heavy atom. The van der Waals surface area contributed by atoms with Gasteiger partial charge in [-0.1, -0.05) is 72.3 Å². The number of hydrogen-bond donors (Lipinski definition) is 1. The van der Waals surface area contributed by atoms with Gasteiger partial charge in [-0.2, -0.15) is 0 Å². The third kappa shape index (κ3) is 4.30. The highest BCUT2D eigenvalue weighted by Gasteiger charge is 2.33. The molecule has 0 radical (unpaired) electrons. The first-order valence-electron chi connectivity index (χ1n) is 11.7. The van der Waals surface area contributed by atoms with Crippen molar-refractivity contribution in [3.05, 3.63) is 95.6 Å². The van der Waals surface area contributed by atoms with E-state index in [0.717, 1.165) is 51.8 Å². The normalized spacial score (nSPS) is 15.4. The van der Waals surface area contributed by atoms with Crippen LogP contribution in [0.1, 0.15) is 35.4 Å². The van der Waals surface area contributed by atoms with E-state index in [2.05, 4.69) is 4.72 Å². The molecule has 35 heavy (non-hydrogen) atoms. The predicted octanol–water partition coefficient (Wildman–Crippen LogP) is 5.75. The molecule has 0 aliphatic heterocycles. The van der Waals surface area contributed by atoms with Gasteiger partial charge in [-0.15, -0.1) is 0 Å². The van der Waals surface area contributed by atoms with Gasteiger partial charge in [-0.25, -0.2) is 13.1 Å². The number of methoxy groups -OCH3 is 1. The van der Waals surface area contributed by atoms with Crippen LogP contribution in [0.15, 0.2) is 83.8 Å². The Morgan fingerprint density at radius 3 is 2.46 bits per heavy atom. The van der Waals surface area contributed by atoms with Crippen LogP contribution in [0.4, 0.5) is 0 Å². The number of carbonyl (C=O) groups is 1. The summed E-state index contributed by atoms with van der Waals surface area (Å²) in [5, 5.41) is 1.39. The molecule has 1 N–H and O–H groups in total. The maximum atomic E-state index is 13.6. The first kappa shape index (κ1) is 23.1. The zero-order chi connectivity index (χ0) is 24.6. The van der Waals surface area contributed by atoms with Gasteiger partial charge in [-0.05, 0) is 66.0 Å². The quantitative estimate of drug-likeness (QED) is 0.391. The summed E-state index contributed by atoms with van der Waals surface area (Å²) in [6, 6.07) is 24.4. The second kappa shape index (κ2) is 9.19. The molecule has 6 heteroatoms. The minimum absolute atomic E-state index is 0.101. The lowest BCUT2D eigenvalue weighted by molar-refractivity contribution is -0.121. The van der Waals surface area contributed by atoms with Crippen molar-refractivity contribution in [2.45, 2.75) is 37.0 Å². The molecule has 4 aromatic carbocycles. The zero-order valence-corrected chi connectivity index (χ0v) is 20.6. The van der Waals surface area contributed by atoms with Crippen molar-refractivity contribution in [3.8, 4) is 16.9 Å². The maximum Gasteiger partial charge on any atom is 0.264 e. The molecule has 0 saturated heterocycles. The Hall–Kier alpha value is -3.64. The van der Waals surface area contributed by atoms with Crippen molar-refractivity contribution in [2.24, 2.45) is 0 Å². The molecule has 0 saturated carbocycles. The van der Waals surface area contributed by atoms with E-state index in [1.165, 1.54) is 6.07 Å².